The van der Waals surface area contributed by atoms with Crippen molar-refractivity contribution in [3.8, 4) is 11.5 Å². The molecule has 1 saturated heterocycles. The number of halogens is 1. The Labute approximate surface area is 226 Å². The van der Waals surface area contributed by atoms with Gasteiger partial charge < -0.3 is 19.4 Å². The summed E-state index contributed by atoms with van der Waals surface area (Å²) in [5.74, 6) is 2.50. The number of allylic oxidation sites excluding steroid dienone is 1. The van der Waals surface area contributed by atoms with Crippen molar-refractivity contribution in [2.45, 2.75) is 13.0 Å². The SMILES string of the molecule is COc1ccc(\C=C2/OC(=C(/Cc3ccccc3Cl)c3ccc(OCc4ccccc4)cc3)/C2=N/O)cc1. The number of rotatable bonds is 8. The zero-order valence-corrected chi connectivity index (χ0v) is 21.6. The fourth-order valence-corrected chi connectivity index (χ4v) is 4.36. The first-order chi connectivity index (χ1) is 18.6. The van der Waals surface area contributed by atoms with Gasteiger partial charge in [-0.05, 0) is 58.7 Å². The molecule has 4 aromatic rings. The van der Waals surface area contributed by atoms with Gasteiger partial charge >= 0.3 is 0 Å². The van der Waals surface area contributed by atoms with Crippen LogP contribution in [0.2, 0.25) is 5.02 Å². The summed E-state index contributed by atoms with van der Waals surface area (Å²) in [7, 11) is 1.62. The topological polar surface area (TPSA) is 60.3 Å². The Morgan fingerprint density at radius 3 is 2.24 bits per heavy atom. The van der Waals surface area contributed by atoms with E-state index in [1.54, 1.807) is 7.11 Å². The second-order valence-corrected chi connectivity index (χ2v) is 9.11. The van der Waals surface area contributed by atoms with Crippen molar-refractivity contribution in [1.29, 1.82) is 0 Å². The van der Waals surface area contributed by atoms with E-state index < -0.39 is 0 Å². The first-order valence-electron chi connectivity index (χ1n) is 12.1. The van der Waals surface area contributed by atoms with Crippen molar-refractivity contribution < 1.29 is 19.4 Å². The van der Waals surface area contributed by atoms with Crippen molar-refractivity contribution in [2.24, 2.45) is 5.16 Å². The Hall–Kier alpha value is -4.48. The average molecular weight is 524 g/mol. The summed E-state index contributed by atoms with van der Waals surface area (Å²) in [5.41, 5.74) is 5.08. The highest BCUT2D eigenvalue weighted by molar-refractivity contribution is 6.31. The molecule has 6 heteroatoms. The fourth-order valence-electron chi connectivity index (χ4n) is 4.16. The van der Waals surface area contributed by atoms with Gasteiger partial charge in [-0.1, -0.05) is 89.6 Å². The third-order valence-electron chi connectivity index (χ3n) is 6.22. The van der Waals surface area contributed by atoms with Gasteiger partial charge in [0.15, 0.2) is 17.2 Å². The van der Waals surface area contributed by atoms with Gasteiger partial charge in [0, 0.05) is 17.0 Å². The van der Waals surface area contributed by atoms with Gasteiger partial charge in [0.1, 0.15) is 18.1 Å². The molecular formula is C32H26ClNO4. The van der Waals surface area contributed by atoms with E-state index in [4.69, 9.17) is 25.8 Å². The summed E-state index contributed by atoms with van der Waals surface area (Å²) < 4.78 is 17.3. The van der Waals surface area contributed by atoms with E-state index in [-0.39, 0.29) is 0 Å². The summed E-state index contributed by atoms with van der Waals surface area (Å²) >= 11 is 6.49. The van der Waals surface area contributed by atoms with Crippen LogP contribution in [0.4, 0.5) is 0 Å². The van der Waals surface area contributed by atoms with Gasteiger partial charge in [0.05, 0.1) is 7.11 Å². The van der Waals surface area contributed by atoms with Crippen LogP contribution in [-0.2, 0) is 17.8 Å². The van der Waals surface area contributed by atoms with Crippen molar-refractivity contribution in [2.75, 3.05) is 7.11 Å². The smallest absolute Gasteiger partial charge is 0.187 e. The van der Waals surface area contributed by atoms with E-state index in [9.17, 15) is 5.21 Å². The molecule has 0 aliphatic carbocycles. The number of methoxy groups -OCH3 is 1. The van der Waals surface area contributed by atoms with Crippen LogP contribution in [0.3, 0.4) is 0 Å². The van der Waals surface area contributed by atoms with Gasteiger partial charge in [-0.25, -0.2) is 0 Å². The van der Waals surface area contributed by atoms with E-state index in [2.05, 4.69) is 5.16 Å². The molecule has 5 rings (SSSR count). The molecule has 0 radical (unpaired) electrons. The van der Waals surface area contributed by atoms with Gasteiger partial charge in [-0.2, -0.15) is 0 Å². The number of benzene rings is 4. The van der Waals surface area contributed by atoms with Crippen molar-refractivity contribution in [1.82, 2.24) is 0 Å². The molecule has 0 spiro atoms. The summed E-state index contributed by atoms with van der Waals surface area (Å²) in [6.07, 6.45) is 2.32. The van der Waals surface area contributed by atoms with E-state index >= 15 is 0 Å². The van der Waals surface area contributed by atoms with Crippen LogP contribution in [0, 0.1) is 0 Å². The Balaban J connectivity index is 1.44. The van der Waals surface area contributed by atoms with Crippen molar-refractivity contribution >= 4 is 29.0 Å². The van der Waals surface area contributed by atoms with E-state index in [1.165, 1.54) is 0 Å². The molecule has 190 valence electrons. The lowest BCUT2D eigenvalue weighted by Crippen LogP contribution is -2.25. The first kappa shape index (κ1) is 25.2. The van der Waals surface area contributed by atoms with Gasteiger partial charge in [-0.3, -0.25) is 0 Å². The Morgan fingerprint density at radius 1 is 0.868 bits per heavy atom. The molecule has 1 heterocycles. The van der Waals surface area contributed by atoms with Crippen LogP contribution in [0.25, 0.3) is 11.6 Å². The predicted octanol–water partition coefficient (Wildman–Crippen LogP) is 7.78. The molecule has 1 N–H and O–H groups in total. The normalized spacial score (nSPS) is 16.1. The monoisotopic (exact) mass is 523 g/mol. The highest BCUT2D eigenvalue weighted by atomic mass is 35.5. The largest absolute Gasteiger partial charge is 0.497 e. The summed E-state index contributed by atoms with van der Waals surface area (Å²) in [4.78, 5) is 0. The first-order valence-corrected chi connectivity index (χ1v) is 12.5. The third kappa shape index (κ3) is 5.74. The van der Waals surface area contributed by atoms with Crippen LogP contribution >= 0.6 is 11.6 Å². The third-order valence-corrected chi connectivity index (χ3v) is 6.59. The maximum atomic E-state index is 9.89. The zero-order chi connectivity index (χ0) is 26.3. The van der Waals surface area contributed by atoms with Gasteiger partial charge in [0.2, 0.25) is 0 Å². The minimum atomic E-state index is 0.382. The zero-order valence-electron chi connectivity index (χ0n) is 20.8. The molecule has 1 fully saturated rings. The number of hydrogen-bond donors (Lipinski definition) is 1. The minimum Gasteiger partial charge on any atom is -0.497 e. The Kier molecular flexibility index (Phi) is 7.76. The van der Waals surface area contributed by atoms with Gasteiger partial charge in [0.25, 0.3) is 0 Å². The molecule has 0 bridgehead atoms. The predicted molar refractivity (Wildman–Crippen MR) is 151 cm³/mol. The molecule has 1 aliphatic heterocycles. The second-order valence-electron chi connectivity index (χ2n) is 8.71. The molecule has 1 aliphatic rings. The lowest BCUT2D eigenvalue weighted by Gasteiger charge is -2.27. The number of ether oxygens (including phenoxy) is 3. The maximum absolute atomic E-state index is 9.89. The van der Waals surface area contributed by atoms with Crippen molar-refractivity contribution in [3.63, 3.8) is 0 Å². The van der Waals surface area contributed by atoms with Crippen LogP contribution in [0.15, 0.2) is 120 Å². The van der Waals surface area contributed by atoms with E-state index in [0.717, 1.165) is 39.3 Å². The van der Waals surface area contributed by atoms with Gasteiger partial charge in [-0.15, -0.1) is 0 Å². The number of oxime groups is 1. The number of hydrogen-bond acceptors (Lipinski definition) is 5. The summed E-state index contributed by atoms with van der Waals surface area (Å²) in [5, 5.41) is 14.1. The highest BCUT2D eigenvalue weighted by Gasteiger charge is 2.33. The van der Waals surface area contributed by atoms with E-state index in [0.29, 0.717) is 35.3 Å². The average Bonchev–Trinajstić information content (AvgIpc) is 2.95. The molecule has 4 aromatic carbocycles. The molecule has 0 aromatic heterocycles. The van der Waals surface area contributed by atoms with Crippen LogP contribution in [0.5, 0.6) is 11.5 Å². The molecule has 0 saturated carbocycles. The molecular weight excluding hydrogens is 498 g/mol. The molecule has 5 nitrogen and oxygen atoms in total. The van der Waals surface area contributed by atoms with Crippen molar-refractivity contribution in [3.05, 3.63) is 142 Å². The maximum Gasteiger partial charge on any atom is 0.187 e. The lowest BCUT2D eigenvalue weighted by atomic mass is 9.93. The molecule has 0 amide bonds. The van der Waals surface area contributed by atoms with Crippen LogP contribution in [-0.4, -0.2) is 18.0 Å². The Bertz CT molecular complexity index is 1490. The van der Waals surface area contributed by atoms with Crippen LogP contribution < -0.4 is 9.47 Å². The minimum absolute atomic E-state index is 0.382. The molecule has 38 heavy (non-hydrogen) atoms. The summed E-state index contributed by atoms with van der Waals surface area (Å²) in [6, 6.07) is 33.0. The van der Waals surface area contributed by atoms with E-state index in [1.807, 2.05) is 109 Å². The standard InChI is InChI=1S/C32H26ClNO4/c1-36-26-15-11-22(12-16-26)19-30-31(34-35)32(38-30)28(20-25-9-5-6-10-29(25)33)24-13-17-27(18-14-24)37-21-23-7-3-2-4-8-23/h2-19,35H,20-21H2,1H3/b30-19-,32-28-,34-31+. The van der Waals surface area contributed by atoms with Crippen LogP contribution in [0.1, 0.15) is 22.3 Å². The Morgan fingerprint density at radius 2 is 1.55 bits per heavy atom. The summed E-state index contributed by atoms with van der Waals surface area (Å²) in [6.45, 7) is 0.484. The lowest BCUT2D eigenvalue weighted by molar-refractivity contribution is 0.276. The molecule has 0 unspecified atom stereocenters. The quantitative estimate of drug-likeness (QED) is 0.189. The number of nitrogens with zero attached hydrogens (tertiary/aromatic N) is 1. The highest BCUT2D eigenvalue weighted by Crippen LogP contribution is 2.37. The molecule has 0 atom stereocenters. The fraction of sp³-hybridized carbons (Fsp3) is 0.0938. The second kappa shape index (κ2) is 11.7.